The van der Waals surface area contributed by atoms with Crippen molar-refractivity contribution >= 4 is 0 Å². The molecule has 2 rings (SSSR count). The van der Waals surface area contributed by atoms with Crippen molar-refractivity contribution in [1.82, 2.24) is 10.3 Å². The minimum atomic E-state index is -0.147. The molecule has 0 radical (unpaired) electrons. The van der Waals surface area contributed by atoms with Crippen LogP contribution in [0.25, 0.3) is 0 Å². The number of hydrogen-bond acceptors (Lipinski definition) is 3. The van der Waals surface area contributed by atoms with E-state index in [0.29, 0.717) is 18.8 Å². The van der Waals surface area contributed by atoms with Crippen molar-refractivity contribution in [3.05, 3.63) is 59.5 Å². The van der Waals surface area contributed by atoms with Crippen molar-refractivity contribution in [1.29, 1.82) is 0 Å². The molecule has 0 aliphatic rings. The summed E-state index contributed by atoms with van der Waals surface area (Å²) >= 11 is 0. The van der Waals surface area contributed by atoms with Gasteiger partial charge in [0.15, 0.2) is 0 Å². The molecule has 0 bridgehead atoms. The largest absolute Gasteiger partial charge is 0.481 e. The molecule has 0 saturated heterocycles. The zero-order chi connectivity index (χ0) is 14.4. The lowest BCUT2D eigenvalue weighted by Gasteiger charge is -2.14. The van der Waals surface area contributed by atoms with Gasteiger partial charge in [-0.25, -0.2) is 9.37 Å². The Kier molecular flexibility index (Phi) is 5.07. The molecule has 0 amide bonds. The first-order valence-corrected chi connectivity index (χ1v) is 6.64. The number of halogens is 1. The number of benzene rings is 1. The van der Waals surface area contributed by atoms with Crippen molar-refractivity contribution in [2.45, 2.75) is 25.9 Å². The molecule has 2 aromatic rings. The van der Waals surface area contributed by atoms with Crippen LogP contribution >= 0.6 is 0 Å². The molecule has 1 heterocycles. The molecule has 0 saturated carbocycles. The molecule has 106 valence electrons. The van der Waals surface area contributed by atoms with E-state index >= 15 is 0 Å². The number of ether oxygens (including phenoxy) is 1. The van der Waals surface area contributed by atoms with Crippen LogP contribution in [-0.2, 0) is 13.0 Å². The number of methoxy groups -OCH3 is 1. The molecule has 1 unspecified atom stereocenters. The molecule has 0 aliphatic heterocycles. The summed E-state index contributed by atoms with van der Waals surface area (Å²) in [6.07, 6.45) is 2.38. The number of nitrogens with one attached hydrogen (secondary N) is 1. The summed E-state index contributed by atoms with van der Waals surface area (Å²) < 4.78 is 18.6. The van der Waals surface area contributed by atoms with Crippen LogP contribution in [0.15, 0.2) is 42.6 Å². The predicted molar refractivity (Wildman–Crippen MR) is 77.2 cm³/mol. The Bertz CT molecular complexity index is 560. The van der Waals surface area contributed by atoms with Gasteiger partial charge in [-0.05, 0) is 36.6 Å². The van der Waals surface area contributed by atoms with E-state index in [-0.39, 0.29) is 11.9 Å². The second-order valence-electron chi connectivity index (χ2n) is 4.78. The van der Waals surface area contributed by atoms with Crippen LogP contribution in [0.2, 0.25) is 0 Å². The predicted octanol–water partition coefficient (Wildman–Crippen LogP) is 2.95. The summed E-state index contributed by atoms with van der Waals surface area (Å²) in [6, 6.07) is 10.9. The molecule has 0 aliphatic carbocycles. The highest BCUT2D eigenvalue weighted by Gasteiger charge is 2.07. The molecule has 20 heavy (non-hydrogen) atoms. The van der Waals surface area contributed by atoms with Gasteiger partial charge in [0.1, 0.15) is 5.82 Å². The van der Waals surface area contributed by atoms with E-state index in [4.69, 9.17) is 4.74 Å². The molecule has 1 aromatic heterocycles. The first-order chi connectivity index (χ1) is 9.69. The summed E-state index contributed by atoms with van der Waals surface area (Å²) in [7, 11) is 1.60. The normalized spacial score (nSPS) is 12.2. The standard InChI is InChI=1S/C16H19FN2O/c1-12(9-14-5-3-4-6-15(14)17)19-11-13-7-8-18-16(10-13)20-2/h3-8,10,12,19H,9,11H2,1-2H3. The van der Waals surface area contributed by atoms with E-state index in [1.54, 1.807) is 19.4 Å². The quantitative estimate of drug-likeness (QED) is 0.879. The van der Waals surface area contributed by atoms with Gasteiger partial charge in [-0.15, -0.1) is 0 Å². The third-order valence-corrected chi connectivity index (χ3v) is 3.15. The van der Waals surface area contributed by atoms with Gasteiger partial charge in [-0.1, -0.05) is 18.2 Å². The zero-order valence-electron chi connectivity index (χ0n) is 11.8. The Morgan fingerprint density at radius 1 is 1.30 bits per heavy atom. The topological polar surface area (TPSA) is 34.1 Å². The average molecular weight is 274 g/mol. The summed E-state index contributed by atoms with van der Waals surface area (Å²) in [6.45, 7) is 2.75. The zero-order valence-corrected chi connectivity index (χ0v) is 11.8. The summed E-state index contributed by atoms with van der Waals surface area (Å²) in [5, 5.41) is 3.38. The Morgan fingerprint density at radius 2 is 2.10 bits per heavy atom. The summed E-state index contributed by atoms with van der Waals surface area (Å²) in [5.74, 6) is 0.456. The van der Waals surface area contributed by atoms with Crippen molar-refractivity contribution in [3.63, 3.8) is 0 Å². The van der Waals surface area contributed by atoms with E-state index in [1.165, 1.54) is 6.07 Å². The molecule has 0 fully saturated rings. The van der Waals surface area contributed by atoms with Crippen molar-refractivity contribution in [2.24, 2.45) is 0 Å². The Morgan fingerprint density at radius 3 is 2.85 bits per heavy atom. The average Bonchev–Trinajstić information content (AvgIpc) is 2.48. The van der Waals surface area contributed by atoms with Crippen LogP contribution < -0.4 is 10.1 Å². The number of rotatable bonds is 6. The lowest BCUT2D eigenvalue weighted by molar-refractivity contribution is 0.396. The van der Waals surface area contributed by atoms with Crippen molar-refractivity contribution in [2.75, 3.05) is 7.11 Å². The second kappa shape index (κ2) is 7.01. The van der Waals surface area contributed by atoms with E-state index in [9.17, 15) is 4.39 Å². The van der Waals surface area contributed by atoms with Gasteiger partial charge in [0, 0.05) is 24.8 Å². The first kappa shape index (κ1) is 14.5. The van der Waals surface area contributed by atoms with Crippen LogP contribution in [0.3, 0.4) is 0 Å². The third-order valence-electron chi connectivity index (χ3n) is 3.15. The fourth-order valence-electron chi connectivity index (χ4n) is 2.03. The van der Waals surface area contributed by atoms with Crippen LogP contribution in [0, 0.1) is 5.82 Å². The van der Waals surface area contributed by atoms with Gasteiger partial charge in [0.25, 0.3) is 0 Å². The van der Waals surface area contributed by atoms with Gasteiger partial charge < -0.3 is 10.1 Å². The summed E-state index contributed by atoms with van der Waals surface area (Å²) in [5.41, 5.74) is 1.83. The van der Waals surface area contributed by atoms with Gasteiger partial charge in [-0.2, -0.15) is 0 Å². The lowest BCUT2D eigenvalue weighted by atomic mass is 10.1. The van der Waals surface area contributed by atoms with Crippen LogP contribution in [0.1, 0.15) is 18.1 Å². The Balaban J connectivity index is 1.89. The first-order valence-electron chi connectivity index (χ1n) is 6.64. The van der Waals surface area contributed by atoms with E-state index in [0.717, 1.165) is 11.1 Å². The lowest BCUT2D eigenvalue weighted by Crippen LogP contribution is -2.27. The molecular formula is C16H19FN2O. The minimum absolute atomic E-state index is 0.147. The molecule has 3 nitrogen and oxygen atoms in total. The van der Waals surface area contributed by atoms with Gasteiger partial charge in [0.05, 0.1) is 7.11 Å². The SMILES string of the molecule is COc1cc(CNC(C)Cc2ccccc2F)ccn1. The fourth-order valence-corrected chi connectivity index (χ4v) is 2.03. The van der Waals surface area contributed by atoms with Crippen molar-refractivity contribution in [3.8, 4) is 5.88 Å². The number of aromatic nitrogens is 1. The van der Waals surface area contributed by atoms with E-state index < -0.39 is 0 Å². The molecule has 1 aromatic carbocycles. The number of hydrogen-bond donors (Lipinski definition) is 1. The molecular weight excluding hydrogens is 255 g/mol. The van der Waals surface area contributed by atoms with Gasteiger partial charge in [-0.3, -0.25) is 0 Å². The highest BCUT2D eigenvalue weighted by Crippen LogP contribution is 2.11. The number of nitrogens with zero attached hydrogens (tertiary/aromatic N) is 1. The molecule has 4 heteroatoms. The Labute approximate surface area is 118 Å². The fraction of sp³-hybridized carbons (Fsp3) is 0.312. The monoisotopic (exact) mass is 274 g/mol. The smallest absolute Gasteiger partial charge is 0.213 e. The highest BCUT2D eigenvalue weighted by molar-refractivity contribution is 5.21. The van der Waals surface area contributed by atoms with Crippen LogP contribution in [0.4, 0.5) is 4.39 Å². The van der Waals surface area contributed by atoms with Gasteiger partial charge in [0.2, 0.25) is 5.88 Å². The maximum atomic E-state index is 13.6. The number of pyridine rings is 1. The molecule has 0 spiro atoms. The Hall–Kier alpha value is -1.94. The third kappa shape index (κ3) is 4.03. The van der Waals surface area contributed by atoms with E-state index in [1.807, 2.05) is 31.2 Å². The van der Waals surface area contributed by atoms with Crippen molar-refractivity contribution < 1.29 is 9.13 Å². The maximum Gasteiger partial charge on any atom is 0.213 e. The maximum absolute atomic E-state index is 13.6. The van der Waals surface area contributed by atoms with Gasteiger partial charge >= 0.3 is 0 Å². The molecule has 1 atom stereocenters. The second-order valence-corrected chi connectivity index (χ2v) is 4.78. The summed E-state index contributed by atoms with van der Waals surface area (Å²) in [4.78, 5) is 4.06. The van der Waals surface area contributed by atoms with E-state index in [2.05, 4.69) is 10.3 Å². The van der Waals surface area contributed by atoms with Crippen LogP contribution in [0.5, 0.6) is 5.88 Å². The molecule has 1 N–H and O–H groups in total. The minimum Gasteiger partial charge on any atom is -0.481 e. The highest BCUT2D eigenvalue weighted by atomic mass is 19.1. The van der Waals surface area contributed by atoms with Crippen LogP contribution in [-0.4, -0.2) is 18.1 Å².